The van der Waals surface area contributed by atoms with Gasteiger partial charge in [0.2, 0.25) is 11.8 Å². The van der Waals surface area contributed by atoms with Gasteiger partial charge in [-0.1, -0.05) is 35.9 Å². The molecule has 2 saturated heterocycles. The van der Waals surface area contributed by atoms with Gasteiger partial charge in [0.25, 0.3) is 5.91 Å². The number of nitrogens with one attached hydrogen (secondary N) is 1. The number of para-hydroxylation sites is 1. The van der Waals surface area contributed by atoms with E-state index in [-0.39, 0.29) is 30.3 Å². The van der Waals surface area contributed by atoms with Gasteiger partial charge in [0.1, 0.15) is 12.2 Å². The molecule has 0 radical (unpaired) electrons. The second-order valence-electron chi connectivity index (χ2n) is 9.37. The molecule has 0 aliphatic carbocycles. The first-order valence-corrected chi connectivity index (χ1v) is 12.3. The third-order valence-corrected chi connectivity index (χ3v) is 7.53. The number of benzene rings is 2. The molecule has 2 atom stereocenters. The number of nitrogens with zero attached hydrogens (tertiary/aromatic N) is 3. The van der Waals surface area contributed by atoms with Crippen LogP contribution in [0.4, 0.5) is 5.69 Å². The van der Waals surface area contributed by atoms with Gasteiger partial charge < -0.3 is 15.0 Å². The molecule has 35 heavy (non-hydrogen) atoms. The van der Waals surface area contributed by atoms with Crippen molar-refractivity contribution in [1.82, 2.24) is 15.1 Å². The van der Waals surface area contributed by atoms with E-state index in [2.05, 4.69) is 10.2 Å². The third kappa shape index (κ3) is 4.42. The zero-order valence-electron chi connectivity index (χ0n) is 19.7. The van der Waals surface area contributed by atoms with Crippen LogP contribution in [-0.4, -0.2) is 72.6 Å². The minimum atomic E-state index is -0.861. The van der Waals surface area contributed by atoms with Crippen LogP contribution in [0.25, 0.3) is 0 Å². The van der Waals surface area contributed by atoms with Gasteiger partial charge in [-0.15, -0.1) is 0 Å². The quantitative estimate of drug-likeness (QED) is 0.665. The number of amides is 3. The molecule has 0 aromatic heterocycles. The minimum Gasteiger partial charge on any atom is -0.379 e. The maximum absolute atomic E-state index is 13.4. The number of morpholine rings is 1. The molecular weight excluding hydrogens is 468 g/mol. The zero-order chi connectivity index (χ0) is 24.6. The van der Waals surface area contributed by atoms with Crippen LogP contribution in [0, 0.1) is 0 Å². The molecule has 3 aliphatic heterocycles. The lowest BCUT2D eigenvalue weighted by Crippen LogP contribution is -2.64. The van der Waals surface area contributed by atoms with E-state index in [4.69, 9.17) is 16.3 Å². The predicted molar refractivity (Wildman–Crippen MR) is 132 cm³/mol. The van der Waals surface area contributed by atoms with Crippen molar-refractivity contribution in [2.45, 2.75) is 31.5 Å². The summed E-state index contributed by atoms with van der Waals surface area (Å²) in [5.41, 5.74) is 1.26. The van der Waals surface area contributed by atoms with Gasteiger partial charge in [0.05, 0.1) is 30.5 Å². The Kier molecular flexibility index (Phi) is 6.53. The van der Waals surface area contributed by atoms with Crippen LogP contribution >= 0.6 is 11.6 Å². The number of carbonyl (C=O) groups excluding carboxylic acids is 3. The van der Waals surface area contributed by atoms with Crippen LogP contribution in [0.3, 0.4) is 0 Å². The summed E-state index contributed by atoms with van der Waals surface area (Å²) in [6.07, 6.45) is 0.826. The van der Waals surface area contributed by atoms with Crippen molar-refractivity contribution in [2.24, 2.45) is 0 Å². The summed E-state index contributed by atoms with van der Waals surface area (Å²) in [6, 6.07) is 14.7. The van der Waals surface area contributed by atoms with E-state index in [1.807, 2.05) is 37.3 Å². The predicted octanol–water partition coefficient (Wildman–Crippen LogP) is 2.83. The number of halogens is 1. The Labute approximate surface area is 209 Å². The first-order chi connectivity index (χ1) is 16.9. The van der Waals surface area contributed by atoms with Gasteiger partial charge in [0, 0.05) is 31.1 Å². The molecule has 2 fully saturated rings. The first kappa shape index (κ1) is 23.8. The lowest BCUT2D eigenvalue weighted by atomic mass is 9.98. The fourth-order valence-electron chi connectivity index (χ4n) is 5.38. The fourth-order valence-corrected chi connectivity index (χ4v) is 5.51. The molecule has 184 valence electrons. The molecule has 9 heteroatoms. The molecule has 2 aromatic rings. The molecule has 2 aromatic carbocycles. The Balaban J connectivity index is 1.33. The molecule has 3 heterocycles. The first-order valence-electron chi connectivity index (χ1n) is 12.0. The van der Waals surface area contributed by atoms with Gasteiger partial charge in [-0.25, -0.2) is 0 Å². The SMILES string of the molecule is CC12CCC(=O)N1c1ccccc1C(=O)N2CC(=O)NCC(c1ccc(Cl)cc1)N1CCOCC1. The Morgan fingerprint density at radius 1 is 1.11 bits per heavy atom. The highest BCUT2D eigenvalue weighted by molar-refractivity contribution is 6.30. The number of rotatable bonds is 6. The molecule has 0 saturated carbocycles. The Hall–Kier alpha value is -2.94. The summed E-state index contributed by atoms with van der Waals surface area (Å²) in [5, 5.41) is 3.70. The van der Waals surface area contributed by atoms with Crippen LogP contribution in [0.2, 0.25) is 5.02 Å². The molecule has 2 unspecified atom stereocenters. The zero-order valence-corrected chi connectivity index (χ0v) is 20.5. The van der Waals surface area contributed by atoms with Crippen molar-refractivity contribution >= 4 is 35.0 Å². The normalized spacial score (nSPS) is 23.1. The topological polar surface area (TPSA) is 82.2 Å². The number of fused-ring (bicyclic) bond motifs is 3. The average molecular weight is 497 g/mol. The molecule has 8 nitrogen and oxygen atoms in total. The smallest absolute Gasteiger partial charge is 0.258 e. The lowest BCUT2D eigenvalue weighted by Gasteiger charge is -2.48. The minimum absolute atomic E-state index is 0.0343. The highest BCUT2D eigenvalue weighted by atomic mass is 35.5. The maximum Gasteiger partial charge on any atom is 0.258 e. The number of ether oxygens (including phenoxy) is 1. The van der Waals surface area contributed by atoms with Crippen LogP contribution in [0.1, 0.15) is 41.7 Å². The van der Waals surface area contributed by atoms with E-state index >= 15 is 0 Å². The van der Waals surface area contributed by atoms with E-state index in [0.29, 0.717) is 48.9 Å². The number of hydrogen-bond acceptors (Lipinski definition) is 5. The molecular formula is C26H29ClN4O4. The van der Waals surface area contributed by atoms with E-state index in [9.17, 15) is 14.4 Å². The van der Waals surface area contributed by atoms with Gasteiger partial charge in [-0.3, -0.25) is 24.2 Å². The number of carbonyl (C=O) groups is 3. The summed E-state index contributed by atoms with van der Waals surface area (Å²) < 4.78 is 5.50. The molecule has 0 bridgehead atoms. The molecule has 3 aliphatic rings. The van der Waals surface area contributed by atoms with E-state index in [0.717, 1.165) is 18.7 Å². The van der Waals surface area contributed by atoms with Crippen molar-refractivity contribution in [3.63, 3.8) is 0 Å². The molecule has 1 N–H and O–H groups in total. The van der Waals surface area contributed by atoms with Crippen molar-refractivity contribution in [1.29, 1.82) is 0 Å². The van der Waals surface area contributed by atoms with E-state index in [1.165, 1.54) is 0 Å². The van der Waals surface area contributed by atoms with Crippen molar-refractivity contribution in [3.05, 3.63) is 64.7 Å². The van der Waals surface area contributed by atoms with Crippen LogP contribution in [0.5, 0.6) is 0 Å². The Bertz CT molecular complexity index is 1130. The molecule has 3 amide bonds. The fraction of sp³-hybridized carbons (Fsp3) is 0.423. The van der Waals surface area contributed by atoms with Crippen LogP contribution < -0.4 is 10.2 Å². The summed E-state index contributed by atoms with van der Waals surface area (Å²) in [4.78, 5) is 44.9. The summed E-state index contributed by atoms with van der Waals surface area (Å²) in [6.45, 7) is 4.94. The molecule has 0 spiro atoms. The van der Waals surface area contributed by atoms with Gasteiger partial charge >= 0.3 is 0 Å². The molecule has 5 rings (SSSR count). The van der Waals surface area contributed by atoms with E-state index < -0.39 is 5.66 Å². The Morgan fingerprint density at radius 2 is 1.83 bits per heavy atom. The summed E-state index contributed by atoms with van der Waals surface area (Å²) in [5.74, 6) is -0.523. The second-order valence-corrected chi connectivity index (χ2v) is 9.81. The standard InChI is InChI=1S/C26H29ClN4O4/c1-26-11-10-24(33)31(26)21-5-3-2-4-20(21)25(34)30(26)17-23(32)28-16-22(29-12-14-35-15-13-29)18-6-8-19(27)9-7-18/h2-9,22H,10-17H2,1H3,(H,28,32). The number of hydrogen-bond donors (Lipinski definition) is 1. The van der Waals surface area contributed by atoms with Crippen molar-refractivity contribution in [2.75, 3.05) is 44.3 Å². The van der Waals surface area contributed by atoms with Crippen LogP contribution in [-0.2, 0) is 14.3 Å². The van der Waals surface area contributed by atoms with Crippen LogP contribution in [0.15, 0.2) is 48.5 Å². The van der Waals surface area contributed by atoms with E-state index in [1.54, 1.807) is 28.0 Å². The third-order valence-electron chi connectivity index (χ3n) is 7.28. The highest BCUT2D eigenvalue weighted by Gasteiger charge is 2.53. The maximum atomic E-state index is 13.4. The lowest BCUT2D eigenvalue weighted by molar-refractivity contribution is -0.124. The Morgan fingerprint density at radius 3 is 2.57 bits per heavy atom. The monoisotopic (exact) mass is 496 g/mol. The summed E-state index contributed by atoms with van der Waals surface area (Å²) >= 11 is 6.09. The van der Waals surface area contributed by atoms with Gasteiger partial charge in [-0.05, 0) is 43.2 Å². The van der Waals surface area contributed by atoms with Gasteiger partial charge in [0.15, 0.2) is 0 Å². The second kappa shape index (κ2) is 9.60. The number of anilines is 1. The van der Waals surface area contributed by atoms with Crippen molar-refractivity contribution in [3.8, 4) is 0 Å². The highest BCUT2D eigenvalue weighted by Crippen LogP contribution is 2.43. The van der Waals surface area contributed by atoms with Gasteiger partial charge in [-0.2, -0.15) is 0 Å². The average Bonchev–Trinajstić information content (AvgIpc) is 3.18. The summed E-state index contributed by atoms with van der Waals surface area (Å²) in [7, 11) is 0. The van der Waals surface area contributed by atoms with Crippen molar-refractivity contribution < 1.29 is 19.1 Å². The largest absolute Gasteiger partial charge is 0.379 e.